The minimum Gasteiger partial charge on any atom is -0.387 e. The molecule has 0 saturated heterocycles. The van der Waals surface area contributed by atoms with Crippen LogP contribution in [0.5, 0.6) is 0 Å². The Morgan fingerprint density at radius 3 is 2.60 bits per heavy atom. The van der Waals surface area contributed by atoms with Crippen molar-refractivity contribution < 1.29 is 13.5 Å². The largest absolute Gasteiger partial charge is 0.387 e. The molecule has 1 atom stereocenters. The van der Waals surface area contributed by atoms with Crippen molar-refractivity contribution in [3.05, 3.63) is 29.8 Å². The van der Waals surface area contributed by atoms with Crippen LogP contribution in [0.25, 0.3) is 0 Å². The molecule has 0 amide bonds. The van der Waals surface area contributed by atoms with E-state index < -0.39 is 15.9 Å². The van der Waals surface area contributed by atoms with Crippen molar-refractivity contribution >= 4 is 21.6 Å². The average Bonchev–Trinajstić information content (AvgIpc) is 2.41. The van der Waals surface area contributed by atoms with Gasteiger partial charge in [0.25, 0.3) is 0 Å². The zero-order valence-electron chi connectivity index (χ0n) is 11.4. The molecule has 0 aliphatic carbocycles. The molecule has 0 aliphatic heterocycles. The third kappa shape index (κ3) is 5.97. The smallest absolute Gasteiger partial charge is 0.175 e. The first-order valence-electron chi connectivity index (χ1n) is 6.15. The van der Waals surface area contributed by atoms with Gasteiger partial charge in [-0.25, -0.2) is 8.42 Å². The van der Waals surface area contributed by atoms with Gasteiger partial charge in [0.2, 0.25) is 0 Å². The van der Waals surface area contributed by atoms with Gasteiger partial charge in [-0.05, 0) is 17.7 Å². The predicted molar refractivity (Wildman–Crippen MR) is 83.5 cm³/mol. The van der Waals surface area contributed by atoms with E-state index in [4.69, 9.17) is 6.42 Å². The molecule has 20 heavy (non-hydrogen) atoms. The van der Waals surface area contributed by atoms with Crippen LogP contribution in [0.15, 0.2) is 29.2 Å². The van der Waals surface area contributed by atoms with Crippen molar-refractivity contribution in [2.75, 3.05) is 30.9 Å². The Kier molecular flexibility index (Phi) is 7.10. The van der Waals surface area contributed by atoms with Crippen molar-refractivity contribution in [1.82, 2.24) is 5.32 Å². The fourth-order valence-electron chi connectivity index (χ4n) is 1.57. The van der Waals surface area contributed by atoms with Crippen molar-refractivity contribution in [3.63, 3.8) is 0 Å². The highest BCUT2D eigenvalue weighted by molar-refractivity contribution is 7.99. The molecule has 6 heteroatoms. The first-order chi connectivity index (χ1) is 9.45. The van der Waals surface area contributed by atoms with Crippen LogP contribution in [0.4, 0.5) is 0 Å². The van der Waals surface area contributed by atoms with Gasteiger partial charge >= 0.3 is 0 Å². The number of hydrogen-bond acceptors (Lipinski definition) is 5. The molecule has 0 aromatic heterocycles. The number of benzene rings is 1. The zero-order chi connectivity index (χ0) is 15.0. The molecule has 4 nitrogen and oxygen atoms in total. The molecule has 1 unspecified atom stereocenters. The molecular weight excluding hydrogens is 294 g/mol. The minimum absolute atomic E-state index is 0.257. The summed E-state index contributed by atoms with van der Waals surface area (Å²) in [4.78, 5) is 0.257. The molecule has 0 saturated carbocycles. The van der Waals surface area contributed by atoms with Gasteiger partial charge in [-0.15, -0.1) is 18.2 Å². The van der Waals surface area contributed by atoms with Crippen LogP contribution in [0.2, 0.25) is 0 Å². The molecule has 110 valence electrons. The van der Waals surface area contributed by atoms with Crippen LogP contribution < -0.4 is 5.32 Å². The minimum atomic E-state index is -3.19. The summed E-state index contributed by atoms with van der Waals surface area (Å²) in [6.07, 6.45) is 5.65. The van der Waals surface area contributed by atoms with Crippen molar-refractivity contribution in [1.29, 1.82) is 0 Å². The molecule has 0 heterocycles. The van der Waals surface area contributed by atoms with Gasteiger partial charge in [0.05, 0.1) is 16.8 Å². The standard InChI is InChI=1S/C14H19NO3S2/c1-3-9-19-10-8-15-11-14(16)12-4-6-13(7-5-12)20(2,17)18/h1,4-7,14-16H,8-11H2,2H3. The van der Waals surface area contributed by atoms with E-state index in [9.17, 15) is 13.5 Å². The van der Waals surface area contributed by atoms with E-state index in [1.54, 1.807) is 23.9 Å². The lowest BCUT2D eigenvalue weighted by Crippen LogP contribution is -2.23. The van der Waals surface area contributed by atoms with E-state index in [0.717, 1.165) is 18.6 Å². The molecule has 0 fully saturated rings. The fraction of sp³-hybridized carbons (Fsp3) is 0.429. The molecular formula is C14H19NO3S2. The summed E-state index contributed by atoms with van der Waals surface area (Å²) in [5.41, 5.74) is 0.696. The lowest BCUT2D eigenvalue weighted by molar-refractivity contribution is 0.175. The molecule has 1 aromatic carbocycles. The predicted octanol–water partition coefficient (Wildman–Crippen LogP) is 1.08. The number of terminal acetylenes is 1. The quantitative estimate of drug-likeness (QED) is 0.555. The van der Waals surface area contributed by atoms with Gasteiger partial charge in [-0.2, -0.15) is 0 Å². The molecule has 0 aliphatic rings. The van der Waals surface area contributed by atoms with Gasteiger partial charge in [0.15, 0.2) is 9.84 Å². The normalized spacial score (nSPS) is 12.8. The third-order valence-electron chi connectivity index (χ3n) is 2.64. The van der Waals surface area contributed by atoms with Crippen LogP contribution in [0.1, 0.15) is 11.7 Å². The Bertz CT molecular complexity index is 547. The molecule has 0 radical (unpaired) electrons. The van der Waals surface area contributed by atoms with Gasteiger partial charge in [-0.1, -0.05) is 18.1 Å². The van der Waals surface area contributed by atoms with Crippen LogP contribution in [0, 0.1) is 12.3 Å². The topological polar surface area (TPSA) is 66.4 Å². The molecule has 0 spiro atoms. The Balaban J connectivity index is 2.40. The monoisotopic (exact) mass is 313 g/mol. The van der Waals surface area contributed by atoms with Gasteiger partial charge in [-0.3, -0.25) is 0 Å². The Labute approximate surface area is 124 Å². The van der Waals surface area contributed by atoms with Gasteiger partial charge in [0.1, 0.15) is 0 Å². The maximum Gasteiger partial charge on any atom is 0.175 e. The number of thioether (sulfide) groups is 1. The average molecular weight is 313 g/mol. The summed E-state index contributed by atoms with van der Waals surface area (Å²) < 4.78 is 22.6. The first-order valence-corrected chi connectivity index (χ1v) is 9.19. The Morgan fingerprint density at radius 2 is 2.05 bits per heavy atom. The van der Waals surface area contributed by atoms with Crippen molar-refractivity contribution in [2.45, 2.75) is 11.0 Å². The maximum atomic E-state index is 11.3. The second kappa shape index (κ2) is 8.32. The molecule has 1 aromatic rings. The summed E-state index contributed by atoms with van der Waals surface area (Å²) in [5, 5.41) is 13.1. The second-order valence-corrected chi connectivity index (χ2v) is 7.44. The lowest BCUT2D eigenvalue weighted by atomic mass is 10.1. The highest BCUT2D eigenvalue weighted by atomic mass is 32.2. The van der Waals surface area contributed by atoms with Crippen LogP contribution in [-0.4, -0.2) is 44.4 Å². The first kappa shape index (κ1) is 17.1. The highest BCUT2D eigenvalue weighted by Gasteiger charge is 2.10. The van der Waals surface area contributed by atoms with Crippen molar-refractivity contribution in [2.24, 2.45) is 0 Å². The number of rotatable bonds is 8. The summed E-state index contributed by atoms with van der Waals surface area (Å²) in [7, 11) is -3.19. The van der Waals surface area contributed by atoms with Gasteiger partial charge in [0, 0.05) is 25.1 Å². The van der Waals surface area contributed by atoms with Crippen LogP contribution in [0.3, 0.4) is 0 Å². The van der Waals surface area contributed by atoms with E-state index in [1.165, 1.54) is 12.1 Å². The zero-order valence-corrected chi connectivity index (χ0v) is 13.0. The number of sulfone groups is 1. The number of aliphatic hydroxyl groups is 1. The number of aliphatic hydroxyl groups excluding tert-OH is 1. The van der Waals surface area contributed by atoms with E-state index in [2.05, 4.69) is 11.2 Å². The fourth-order valence-corrected chi connectivity index (χ4v) is 2.75. The highest BCUT2D eigenvalue weighted by Crippen LogP contribution is 2.15. The summed E-state index contributed by atoms with van der Waals surface area (Å²) in [6, 6.07) is 6.29. The molecule has 0 bridgehead atoms. The summed E-state index contributed by atoms with van der Waals surface area (Å²) in [5.74, 6) is 4.13. The SMILES string of the molecule is C#CCSCCNCC(O)c1ccc(S(C)(=O)=O)cc1. The van der Waals surface area contributed by atoms with E-state index in [0.29, 0.717) is 17.9 Å². The number of hydrogen-bond donors (Lipinski definition) is 2. The maximum absolute atomic E-state index is 11.3. The van der Waals surface area contributed by atoms with E-state index in [-0.39, 0.29) is 4.90 Å². The van der Waals surface area contributed by atoms with Crippen LogP contribution in [-0.2, 0) is 9.84 Å². The van der Waals surface area contributed by atoms with Crippen LogP contribution >= 0.6 is 11.8 Å². The second-order valence-electron chi connectivity index (χ2n) is 4.32. The lowest BCUT2D eigenvalue weighted by Gasteiger charge is -2.12. The van der Waals surface area contributed by atoms with E-state index >= 15 is 0 Å². The summed E-state index contributed by atoms with van der Waals surface area (Å²) >= 11 is 1.66. The number of nitrogens with one attached hydrogen (secondary N) is 1. The Hall–Kier alpha value is -1.00. The molecule has 1 rings (SSSR count). The summed E-state index contributed by atoms with van der Waals surface area (Å²) in [6.45, 7) is 1.19. The Morgan fingerprint density at radius 1 is 1.40 bits per heavy atom. The van der Waals surface area contributed by atoms with Crippen molar-refractivity contribution in [3.8, 4) is 12.3 Å². The van der Waals surface area contributed by atoms with E-state index in [1.807, 2.05) is 0 Å². The molecule has 2 N–H and O–H groups in total. The van der Waals surface area contributed by atoms with Gasteiger partial charge < -0.3 is 10.4 Å². The third-order valence-corrected chi connectivity index (χ3v) is 4.63.